The Morgan fingerprint density at radius 2 is 1.89 bits per heavy atom. The van der Waals surface area contributed by atoms with Gasteiger partial charge in [0.15, 0.2) is 0 Å². The average Bonchev–Trinajstić information content (AvgIpc) is 2.29. The van der Waals surface area contributed by atoms with E-state index in [2.05, 4.69) is 0 Å². The number of carboxylic acids is 1. The molecule has 5 heteroatoms. The molecule has 1 aliphatic carbocycles. The van der Waals surface area contributed by atoms with E-state index in [1.807, 2.05) is 0 Å². The van der Waals surface area contributed by atoms with Gasteiger partial charge in [-0.1, -0.05) is 39.2 Å². The van der Waals surface area contributed by atoms with Crippen LogP contribution in [-0.2, 0) is 9.36 Å². The molecule has 0 bridgehead atoms. The van der Waals surface area contributed by atoms with Gasteiger partial charge in [-0.3, -0.25) is 4.57 Å². The van der Waals surface area contributed by atoms with Crippen molar-refractivity contribution >= 4 is 13.3 Å². The first kappa shape index (κ1) is 15.5. The standard InChI is InChI=1S/C13H23O4P/c1-10(2)18(16,17)9-12(13(14)15)8-11-6-4-3-5-7-11/h8,10-11H,3-7,9H2,1-2H3,(H,14,15)(H,16,17). The van der Waals surface area contributed by atoms with E-state index in [9.17, 15) is 14.3 Å². The number of hydrogen-bond donors (Lipinski definition) is 2. The fraction of sp³-hybridized carbons (Fsp3) is 0.769. The lowest BCUT2D eigenvalue weighted by Gasteiger charge is -2.20. The molecule has 0 radical (unpaired) electrons. The van der Waals surface area contributed by atoms with E-state index in [0.717, 1.165) is 25.7 Å². The van der Waals surface area contributed by atoms with Gasteiger partial charge in [0.05, 0.1) is 6.16 Å². The lowest BCUT2D eigenvalue weighted by atomic mass is 9.88. The topological polar surface area (TPSA) is 74.6 Å². The van der Waals surface area contributed by atoms with E-state index >= 15 is 0 Å². The van der Waals surface area contributed by atoms with Gasteiger partial charge in [0, 0.05) is 11.2 Å². The normalized spacial score (nSPS) is 21.9. The minimum absolute atomic E-state index is 0.112. The third-order valence-corrected chi connectivity index (χ3v) is 5.97. The monoisotopic (exact) mass is 274 g/mol. The minimum atomic E-state index is -3.39. The molecule has 0 aliphatic heterocycles. The molecule has 1 saturated carbocycles. The third-order valence-electron chi connectivity index (χ3n) is 3.57. The SMILES string of the molecule is CC(C)P(=O)(O)CC(=CC1CCCCC1)C(=O)O. The van der Waals surface area contributed by atoms with Gasteiger partial charge in [0.2, 0.25) is 7.37 Å². The van der Waals surface area contributed by atoms with Crippen LogP contribution in [-0.4, -0.2) is 27.8 Å². The molecule has 0 amide bonds. The van der Waals surface area contributed by atoms with E-state index < -0.39 is 19.0 Å². The molecular weight excluding hydrogens is 251 g/mol. The van der Waals surface area contributed by atoms with Crippen LogP contribution < -0.4 is 0 Å². The Morgan fingerprint density at radius 1 is 1.33 bits per heavy atom. The van der Waals surface area contributed by atoms with Crippen LogP contribution >= 0.6 is 7.37 Å². The van der Waals surface area contributed by atoms with Crippen LogP contribution in [0, 0.1) is 5.92 Å². The Bertz CT molecular complexity index is 367. The maximum Gasteiger partial charge on any atom is 0.331 e. The summed E-state index contributed by atoms with van der Waals surface area (Å²) in [4.78, 5) is 21.0. The summed E-state index contributed by atoms with van der Waals surface area (Å²) in [6.07, 6.45) is 6.94. The first-order valence-electron chi connectivity index (χ1n) is 6.58. The van der Waals surface area contributed by atoms with Crippen LogP contribution in [0.15, 0.2) is 11.6 Å². The number of allylic oxidation sites excluding steroid dienone is 1. The predicted molar refractivity (Wildman–Crippen MR) is 72.1 cm³/mol. The second-order valence-corrected chi connectivity index (χ2v) is 8.26. The zero-order chi connectivity index (χ0) is 13.8. The van der Waals surface area contributed by atoms with Crippen molar-refractivity contribution < 1.29 is 19.4 Å². The number of rotatable bonds is 5. The number of hydrogen-bond acceptors (Lipinski definition) is 2. The molecule has 1 fully saturated rings. The van der Waals surface area contributed by atoms with Crippen molar-refractivity contribution in [2.45, 2.75) is 51.6 Å². The maximum atomic E-state index is 11.9. The van der Waals surface area contributed by atoms with E-state index in [4.69, 9.17) is 5.11 Å². The summed E-state index contributed by atoms with van der Waals surface area (Å²) in [5.41, 5.74) is -0.284. The highest BCUT2D eigenvalue weighted by atomic mass is 31.2. The Morgan fingerprint density at radius 3 is 2.33 bits per heavy atom. The lowest BCUT2D eigenvalue weighted by molar-refractivity contribution is -0.132. The summed E-state index contributed by atoms with van der Waals surface area (Å²) in [5, 5.41) is 9.15. The molecule has 1 rings (SSSR count). The first-order chi connectivity index (χ1) is 8.33. The lowest BCUT2D eigenvalue weighted by Crippen LogP contribution is -2.13. The van der Waals surface area contributed by atoms with Crippen LogP contribution in [0.4, 0.5) is 0 Å². The predicted octanol–water partition coefficient (Wildman–Crippen LogP) is 3.26. The van der Waals surface area contributed by atoms with Crippen LogP contribution in [0.2, 0.25) is 0 Å². The van der Waals surface area contributed by atoms with Gasteiger partial charge in [-0.2, -0.15) is 0 Å². The highest BCUT2D eigenvalue weighted by molar-refractivity contribution is 7.59. The molecule has 1 unspecified atom stereocenters. The van der Waals surface area contributed by atoms with Crippen LogP contribution in [0.3, 0.4) is 0 Å². The largest absolute Gasteiger partial charge is 0.478 e. The summed E-state index contributed by atoms with van der Waals surface area (Å²) >= 11 is 0. The smallest absolute Gasteiger partial charge is 0.331 e. The van der Waals surface area contributed by atoms with Crippen LogP contribution in [0.1, 0.15) is 46.0 Å². The summed E-state index contributed by atoms with van der Waals surface area (Å²) in [6, 6.07) is 0. The molecular formula is C13H23O4P. The van der Waals surface area contributed by atoms with Crippen molar-refractivity contribution in [3.63, 3.8) is 0 Å². The zero-order valence-corrected chi connectivity index (χ0v) is 12.0. The van der Waals surface area contributed by atoms with Gasteiger partial charge in [-0.05, 0) is 18.8 Å². The summed E-state index contributed by atoms with van der Waals surface area (Å²) < 4.78 is 11.9. The molecule has 0 aromatic rings. The fourth-order valence-electron chi connectivity index (χ4n) is 2.20. The maximum absolute atomic E-state index is 11.9. The van der Waals surface area contributed by atoms with Crippen molar-refractivity contribution in [1.29, 1.82) is 0 Å². The molecule has 1 aliphatic rings. The molecule has 0 saturated heterocycles. The molecule has 18 heavy (non-hydrogen) atoms. The second kappa shape index (κ2) is 6.53. The highest BCUT2D eigenvalue weighted by Gasteiger charge is 2.28. The third kappa shape index (κ3) is 4.58. The minimum Gasteiger partial charge on any atom is -0.478 e. The van der Waals surface area contributed by atoms with Crippen molar-refractivity contribution in [2.75, 3.05) is 6.16 Å². The Labute approximate surface area is 109 Å². The zero-order valence-electron chi connectivity index (χ0n) is 11.1. The fourth-order valence-corrected chi connectivity index (χ4v) is 3.30. The van der Waals surface area contributed by atoms with E-state index in [0.29, 0.717) is 0 Å². The molecule has 2 N–H and O–H groups in total. The van der Waals surface area contributed by atoms with Gasteiger partial charge < -0.3 is 10.00 Å². The van der Waals surface area contributed by atoms with Gasteiger partial charge >= 0.3 is 5.97 Å². The van der Waals surface area contributed by atoms with Gasteiger partial charge in [-0.25, -0.2) is 4.79 Å². The van der Waals surface area contributed by atoms with Gasteiger partial charge in [0.25, 0.3) is 0 Å². The Balaban J connectivity index is 2.79. The molecule has 0 aromatic carbocycles. The van der Waals surface area contributed by atoms with Crippen molar-refractivity contribution in [3.05, 3.63) is 11.6 Å². The van der Waals surface area contributed by atoms with E-state index in [1.165, 1.54) is 6.42 Å². The van der Waals surface area contributed by atoms with Crippen molar-refractivity contribution in [3.8, 4) is 0 Å². The summed E-state index contributed by atoms with van der Waals surface area (Å²) in [5.74, 6) is -0.799. The Kier molecular flexibility index (Phi) is 5.61. The average molecular weight is 274 g/mol. The van der Waals surface area contributed by atoms with E-state index in [-0.39, 0.29) is 17.7 Å². The van der Waals surface area contributed by atoms with Gasteiger partial charge in [-0.15, -0.1) is 0 Å². The highest BCUT2D eigenvalue weighted by Crippen LogP contribution is 2.47. The van der Waals surface area contributed by atoms with Crippen LogP contribution in [0.5, 0.6) is 0 Å². The summed E-state index contributed by atoms with van der Waals surface area (Å²) in [6.45, 7) is 3.31. The van der Waals surface area contributed by atoms with Crippen molar-refractivity contribution in [1.82, 2.24) is 0 Å². The molecule has 0 aromatic heterocycles. The number of carbonyl (C=O) groups is 1. The Hall–Kier alpha value is -0.600. The first-order valence-corrected chi connectivity index (χ1v) is 8.50. The number of carboxylic acid groups (broad SMARTS) is 1. The molecule has 1 atom stereocenters. The summed E-state index contributed by atoms with van der Waals surface area (Å²) in [7, 11) is -3.39. The number of aliphatic carboxylic acids is 1. The molecule has 0 spiro atoms. The van der Waals surface area contributed by atoms with Crippen LogP contribution in [0.25, 0.3) is 0 Å². The van der Waals surface area contributed by atoms with Gasteiger partial charge in [0.1, 0.15) is 0 Å². The van der Waals surface area contributed by atoms with E-state index in [1.54, 1.807) is 19.9 Å². The van der Waals surface area contributed by atoms with Crippen molar-refractivity contribution in [2.24, 2.45) is 5.92 Å². The quantitative estimate of drug-likeness (QED) is 0.596. The molecule has 104 valence electrons. The second-order valence-electron chi connectivity index (χ2n) is 5.40. The molecule has 0 heterocycles. The molecule has 4 nitrogen and oxygen atoms in total.